The van der Waals surface area contributed by atoms with Crippen LogP contribution in [-0.4, -0.2) is 18.8 Å². The number of benzene rings is 2. The van der Waals surface area contributed by atoms with Gasteiger partial charge in [-0.25, -0.2) is 0 Å². The molecule has 20 heavy (non-hydrogen) atoms. The molecule has 0 unspecified atom stereocenters. The summed E-state index contributed by atoms with van der Waals surface area (Å²) in [6.07, 6.45) is -0.0647. The summed E-state index contributed by atoms with van der Waals surface area (Å²) in [5.41, 5.74) is 1.000. The molecule has 0 saturated carbocycles. The van der Waals surface area contributed by atoms with Gasteiger partial charge in [-0.2, -0.15) is 0 Å². The van der Waals surface area contributed by atoms with Gasteiger partial charge in [-0.1, -0.05) is 18.2 Å². The van der Waals surface area contributed by atoms with Crippen LogP contribution in [0.2, 0.25) is 0 Å². The van der Waals surface area contributed by atoms with Crippen molar-refractivity contribution >= 4 is 22.5 Å². The molecule has 0 aliphatic rings. The molecular formula is C16H17NO3. The monoisotopic (exact) mass is 271 g/mol. The summed E-state index contributed by atoms with van der Waals surface area (Å²) in [5, 5.41) is 4.91. The lowest BCUT2D eigenvalue weighted by molar-refractivity contribution is -0.127. The van der Waals surface area contributed by atoms with Crippen molar-refractivity contribution in [2.24, 2.45) is 0 Å². The molecule has 2 aromatic rings. The lowest BCUT2D eigenvalue weighted by Gasteiger charge is -2.07. The Kier molecular flexibility index (Phi) is 4.35. The number of hydrogen-bond donors (Lipinski definition) is 1. The Hall–Kier alpha value is -2.36. The molecule has 4 heteroatoms. The maximum absolute atomic E-state index is 11.4. The third-order valence-corrected chi connectivity index (χ3v) is 3.01. The van der Waals surface area contributed by atoms with E-state index in [2.05, 4.69) is 5.32 Å². The van der Waals surface area contributed by atoms with Gasteiger partial charge in [-0.15, -0.1) is 0 Å². The van der Waals surface area contributed by atoms with Crippen molar-refractivity contribution in [1.82, 2.24) is 5.32 Å². The maximum Gasteiger partial charge on any atom is 0.227 e. The third-order valence-electron chi connectivity index (χ3n) is 3.01. The molecule has 0 spiro atoms. The van der Waals surface area contributed by atoms with Crippen LogP contribution in [-0.2, 0) is 16.1 Å². The molecule has 0 atom stereocenters. The molecule has 0 aliphatic heterocycles. The molecule has 0 heterocycles. The number of ketones is 1. The number of hydrogen-bond acceptors (Lipinski definition) is 3. The Morgan fingerprint density at radius 1 is 1.10 bits per heavy atom. The standard InChI is InChI=1S/C16H17NO3/c1-11(18)7-16(19)17-10-12-3-4-14-9-15(20-2)6-5-13(14)8-12/h3-6,8-9H,7,10H2,1-2H3,(H,17,19). The number of ether oxygens (including phenoxy) is 1. The van der Waals surface area contributed by atoms with Crippen LogP contribution in [0.3, 0.4) is 0 Å². The topological polar surface area (TPSA) is 55.4 Å². The van der Waals surface area contributed by atoms with Gasteiger partial charge in [0.25, 0.3) is 0 Å². The van der Waals surface area contributed by atoms with E-state index < -0.39 is 0 Å². The SMILES string of the molecule is COc1ccc2cc(CNC(=O)CC(C)=O)ccc2c1. The second kappa shape index (κ2) is 6.19. The molecule has 4 nitrogen and oxygen atoms in total. The first-order valence-electron chi connectivity index (χ1n) is 6.41. The normalized spacial score (nSPS) is 10.3. The molecule has 1 N–H and O–H groups in total. The Morgan fingerprint density at radius 3 is 2.50 bits per heavy atom. The van der Waals surface area contributed by atoms with Crippen LogP contribution >= 0.6 is 0 Å². The number of Topliss-reactive ketones (excluding diaryl/α,β-unsaturated/α-hetero) is 1. The molecule has 0 fully saturated rings. The molecule has 0 bridgehead atoms. The van der Waals surface area contributed by atoms with Crippen molar-refractivity contribution < 1.29 is 14.3 Å². The molecule has 1 amide bonds. The average molecular weight is 271 g/mol. The highest BCUT2D eigenvalue weighted by Gasteiger charge is 2.05. The minimum absolute atomic E-state index is 0.0647. The second-order valence-electron chi connectivity index (χ2n) is 4.70. The summed E-state index contributed by atoms with van der Waals surface area (Å²) < 4.78 is 5.18. The van der Waals surface area contributed by atoms with Crippen LogP contribution in [0.4, 0.5) is 0 Å². The van der Waals surface area contributed by atoms with Gasteiger partial charge in [0.1, 0.15) is 11.5 Å². The quantitative estimate of drug-likeness (QED) is 0.850. The van der Waals surface area contributed by atoms with Crippen LogP contribution in [0, 0.1) is 0 Å². The Labute approximate surface area is 117 Å². The van der Waals surface area contributed by atoms with Crippen LogP contribution in [0.25, 0.3) is 10.8 Å². The Balaban J connectivity index is 2.08. The van der Waals surface area contributed by atoms with Crippen LogP contribution in [0.5, 0.6) is 5.75 Å². The van der Waals surface area contributed by atoms with Gasteiger partial charge in [-0.3, -0.25) is 9.59 Å². The van der Waals surface area contributed by atoms with Gasteiger partial charge in [0.05, 0.1) is 13.5 Å². The summed E-state index contributed by atoms with van der Waals surface area (Å²) in [7, 11) is 1.64. The first kappa shape index (κ1) is 14.1. The highest BCUT2D eigenvalue weighted by atomic mass is 16.5. The minimum Gasteiger partial charge on any atom is -0.497 e. The molecule has 0 radical (unpaired) electrons. The van der Waals surface area contributed by atoms with E-state index in [4.69, 9.17) is 4.74 Å². The zero-order chi connectivity index (χ0) is 14.5. The van der Waals surface area contributed by atoms with Crippen molar-refractivity contribution in [3.63, 3.8) is 0 Å². The third kappa shape index (κ3) is 3.57. The van der Waals surface area contributed by atoms with Crippen LogP contribution in [0.15, 0.2) is 36.4 Å². The molecule has 0 aromatic heterocycles. The molecule has 104 valence electrons. The fraction of sp³-hybridized carbons (Fsp3) is 0.250. The lowest BCUT2D eigenvalue weighted by atomic mass is 10.1. The molecule has 2 aromatic carbocycles. The van der Waals surface area contributed by atoms with Gasteiger partial charge in [0.2, 0.25) is 5.91 Å². The van der Waals surface area contributed by atoms with E-state index in [-0.39, 0.29) is 18.1 Å². The smallest absolute Gasteiger partial charge is 0.227 e. The van der Waals surface area contributed by atoms with Crippen molar-refractivity contribution in [1.29, 1.82) is 0 Å². The van der Waals surface area contributed by atoms with E-state index in [1.807, 2.05) is 36.4 Å². The fourth-order valence-electron chi connectivity index (χ4n) is 2.00. The van der Waals surface area contributed by atoms with E-state index in [0.717, 1.165) is 22.1 Å². The summed E-state index contributed by atoms with van der Waals surface area (Å²) in [6, 6.07) is 11.8. The molecule has 0 aliphatic carbocycles. The van der Waals surface area contributed by atoms with E-state index in [0.29, 0.717) is 6.54 Å². The summed E-state index contributed by atoms with van der Waals surface area (Å²) in [5.74, 6) is 0.445. The number of carbonyl (C=O) groups excluding carboxylic acids is 2. The van der Waals surface area contributed by atoms with Crippen LogP contribution in [0.1, 0.15) is 18.9 Å². The number of amides is 1. The van der Waals surface area contributed by atoms with Gasteiger partial charge in [0, 0.05) is 6.54 Å². The zero-order valence-electron chi connectivity index (χ0n) is 11.6. The Morgan fingerprint density at radius 2 is 1.80 bits per heavy atom. The first-order chi connectivity index (χ1) is 9.58. The van der Waals surface area contributed by atoms with Gasteiger partial charge in [-0.05, 0) is 41.5 Å². The lowest BCUT2D eigenvalue weighted by Crippen LogP contribution is -2.24. The number of carbonyl (C=O) groups is 2. The zero-order valence-corrected chi connectivity index (χ0v) is 11.6. The first-order valence-corrected chi connectivity index (χ1v) is 6.41. The average Bonchev–Trinajstić information content (AvgIpc) is 2.43. The summed E-state index contributed by atoms with van der Waals surface area (Å²) in [6.45, 7) is 1.83. The molecular weight excluding hydrogens is 254 g/mol. The van der Waals surface area contributed by atoms with Crippen molar-refractivity contribution in [3.05, 3.63) is 42.0 Å². The van der Waals surface area contributed by atoms with Gasteiger partial charge >= 0.3 is 0 Å². The summed E-state index contributed by atoms with van der Waals surface area (Å²) >= 11 is 0. The van der Waals surface area contributed by atoms with E-state index in [1.165, 1.54) is 6.92 Å². The van der Waals surface area contributed by atoms with Gasteiger partial charge < -0.3 is 10.1 Å². The number of nitrogens with one attached hydrogen (secondary N) is 1. The molecule has 0 saturated heterocycles. The van der Waals surface area contributed by atoms with Crippen molar-refractivity contribution in [2.45, 2.75) is 19.9 Å². The highest BCUT2D eigenvalue weighted by molar-refractivity contribution is 5.96. The fourth-order valence-corrected chi connectivity index (χ4v) is 2.00. The number of fused-ring (bicyclic) bond motifs is 1. The van der Waals surface area contributed by atoms with E-state index in [9.17, 15) is 9.59 Å². The van der Waals surface area contributed by atoms with E-state index >= 15 is 0 Å². The number of rotatable bonds is 5. The largest absolute Gasteiger partial charge is 0.497 e. The molecule has 2 rings (SSSR count). The maximum atomic E-state index is 11.4. The highest BCUT2D eigenvalue weighted by Crippen LogP contribution is 2.21. The second-order valence-corrected chi connectivity index (χ2v) is 4.70. The predicted octanol–water partition coefficient (Wildman–Crippen LogP) is 2.44. The Bertz CT molecular complexity index is 649. The number of methoxy groups -OCH3 is 1. The van der Waals surface area contributed by atoms with E-state index in [1.54, 1.807) is 7.11 Å². The predicted molar refractivity (Wildman–Crippen MR) is 77.6 cm³/mol. The van der Waals surface area contributed by atoms with Crippen LogP contribution < -0.4 is 10.1 Å². The van der Waals surface area contributed by atoms with Crippen molar-refractivity contribution in [3.8, 4) is 5.75 Å². The van der Waals surface area contributed by atoms with Crippen molar-refractivity contribution in [2.75, 3.05) is 7.11 Å². The van der Waals surface area contributed by atoms with Gasteiger partial charge in [0.15, 0.2) is 0 Å². The minimum atomic E-state index is -0.243. The summed E-state index contributed by atoms with van der Waals surface area (Å²) in [4.78, 5) is 22.3.